The van der Waals surface area contributed by atoms with Gasteiger partial charge in [-0.3, -0.25) is 4.79 Å². The summed E-state index contributed by atoms with van der Waals surface area (Å²) in [5.41, 5.74) is 0. The molecule has 0 radical (unpaired) electrons. The molecular formula is C52H101NO3. The predicted molar refractivity (Wildman–Crippen MR) is 249 cm³/mol. The van der Waals surface area contributed by atoms with Gasteiger partial charge < -0.3 is 15.5 Å². The van der Waals surface area contributed by atoms with Crippen molar-refractivity contribution in [3.05, 3.63) is 24.3 Å². The molecule has 2 atom stereocenters. The number of aliphatic hydroxyl groups is 2. The molecule has 4 heteroatoms. The van der Waals surface area contributed by atoms with Crippen LogP contribution in [-0.4, -0.2) is 34.9 Å². The van der Waals surface area contributed by atoms with E-state index >= 15 is 0 Å². The summed E-state index contributed by atoms with van der Waals surface area (Å²) in [6.07, 6.45) is 63.1. The molecule has 0 fully saturated rings. The van der Waals surface area contributed by atoms with Crippen molar-refractivity contribution in [1.29, 1.82) is 0 Å². The molecule has 0 bridgehead atoms. The van der Waals surface area contributed by atoms with E-state index in [1.54, 1.807) is 6.08 Å². The van der Waals surface area contributed by atoms with E-state index in [4.69, 9.17) is 0 Å². The molecule has 0 aliphatic heterocycles. The first-order valence-corrected chi connectivity index (χ1v) is 25.6. The van der Waals surface area contributed by atoms with Crippen molar-refractivity contribution in [2.24, 2.45) is 0 Å². The summed E-state index contributed by atoms with van der Waals surface area (Å²) in [5, 5.41) is 23.1. The number of unbranched alkanes of at least 4 members (excludes halogenated alkanes) is 38. The van der Waals surface area contributed by atoms with Gasteiger partial charge in [0.05, 0.1) is 18.8 Å². The molecule has 0 heterocycles. The van der Waals surface area contributed by atoms with Crippen LogP contribution in [0.25, 0.3) is 0 Å². The molecule has 332 valence electrons. The van der Waals surface area contributed by atoms with Gasteiger partial charge in [-0.2, -0.15) is 0 Å². The van der Waals surface area contributed by atoms with Crippen LogP contribution in [0.5, 0.6) is 0 Å². The van der Waals surface area contributed by atoms with Crippen molar-refractivity contribution >= 4 is 5.91 Å². The number of amides is 1. The van der Waals surface area contributed by atoms with E-state index in [0.717, 1.165) is 25.7 Å². The Balaban J connectivity index is 3.51. The van der Waals surface area contributed by atoms with Gasteiger partial charge in [-0.1, -0.05) is 256 Å². The molecule has 0 aliphatic carbocycles. The average Bonchev–Trinajstić information content (AvgIpc) is 3.20. The lowest BCUT2D eigenvalue weighted by Gasteiger charge is -2.20. The molecule has 0 saturated heterocycles. The van der Waals surface area contributed by atoms with Crippen LogP contribution in [0.1, 0.15) is 284 Å². The van der Waals surface area contributed by atoms with Gasteiger partial charge in [0.15, 0.2) is 0 Å². The van der Waals surface area contributed by atoms with Gasteiger partial charge in [-0.25, -0.2) is 0 Å². The number of rotatable bonds is 47. The molecule has 2 unspecified atom stereocenters. The van der Waals surface area contributed by atoms with Gasteiger partial charge in [0.1, 0.15) is 0 Å². The Hall–Kier alpha value is -1.13. The molecule has 56 heavy (non-hydrogen) atoms. The van der Waals surface area contributed by atoms with Crippen LogP contribution >= 0.6 is 0 Å². The predicted octanol–water partition coefficient (Wildman–Crippen LogP) is 16.4. The number of aliphatic hydroxyl groups excluding tert-OH is 2. The van der Waals surface area contributed by atoms with Gasteiger partial charge in [0, 0.05) is 6.42 Å². The number of hydrogen-bond acceptors (Lipinski definition) is 3. The molecule has 0 aromatic rings. The van der Waals surface area contributed by atoms with E-state index in [1.165, 1.54) is 238 Å². The molecule has 0 rings (SSSR count). The third-order valence-corrected chi connectivity index (χ3v) is 11.9. The highest BCUT2D eigenvalue weighted by molar-refractivity contribution is 5.76. The summed E-state index contributed by atoms with van der Waals surface area (Å²) in [7, 11) is 0. The molecule has 1 amide bonds. The highest BCUT2D eigenvalue weighted by atomic mass is 16.3. The van der Waals surface area contributed by atoms with Crippen LogP contribution in [0.15, 0.2) is 24.3 Å². The van der Waals surface area contributed by atoms with Crippen LogP contribution < -0.4 is 5.32 Å². The van der Waals surface area contributed by atoms with Gasteiger partial charge in [-0.05, 0) is 44.9 Å². The first kappa shape index (κ1) is 54.9. The zero-order valence-corrected chi connectivity index (χ0v) is 38.2. The molecule has 0 saturated carbocycles. The maximum Gasteiger partial charge on any atom is 0.220 e. The van der Waals surface area contributed by atoms with Crippen molar-refractivity contribution in [3.63, 3.8) is 0 Å². The van der Waals surface area contributed by atoms with Crippen molar-refractivity contribution < 1.29 is 15.0 Å². The topological polar surface area (TPSA) is 69.6 Å². The largest absolute Gasteiger partial charge is 0.394 e. The number of carbonyl (C=O) groups excluding carboxylic acids is 1. The molecule has 0 aromatic heterocycles. The van der Waals surface area contributed by atoms with Crippen molar-refractivity contribution in [3.8, 4) is 0 Å². The van der Waals surface area contributed by atoms with Crippen LogP contribution in [0.2, 0.25) is 0 Å². The first-order valence-electron chi connectivity index (χ1n) is 25.6. The Morgan fingerprint density at radius 2 is 0.679 bits per heavy atom. The first-order chi connectivity index (χ1) is 27.7. The van der Waals surface area contributed by atoms with Crippen LogP contribution in [0.3, 0.4) is 0 Å². The minimum Gasteiger partial charge on any atom is -0.394 e. The fraction of sp³-hybridized carbons (Fsp3) is 0.904. The number of hydrogen-bond donors (Lipinski definition) is 3. The lowest BCUT2D eigenvalue weighted by molar-refractivity contribution is -0.123. The van der Waals surface area contributed by atoms with Crippen LogP contribution in [0.4, 0.5) is 0 Å². The van der Waals surface area contributed by atoms with E-state index in [2.05, 4.69) is 31.3 Å². The van der Waals surface area contributed by atoms with Crippen molar-refractivity contribution in [2.75, 3.05) is 6.61 Å². The van der Waals surface area contributed by atoms with Gasteiger partial charge in [-0.15, -0.1) is 0 Å². The Morgan fingerprint density at radius 3 is 0.982 bits per heavy atom. The highest BCUT2D eigenvalue weighted by Gasteiger charge is 2.18. The minimum absolute atomic E-state index is 0.0643. The molecular weight excluding hydrogens is 687 g/mol. The molecule has 0 spiro atoms. The highest BCUT2D eigenvalue weighted by Crippen LogP contribution is 2.16. The minimum atomic E-state index is -0.839. The van der Waals surface area contributed by atoms with Gasteiger partial charge in [0.25, 0.3) is 0 Å². The molecule has 3 N–H and O–H groups in total. The summed E-state index contributed by atoms with van der Waals surface area (Å²) >= 11 is 0. The fourth-order valence-electron chi connectivity index (χ4n) is 8.00. The summed E-state index contributed by atoms with van der Waals surface area (Å²) in [5.74, 6) is -0.0643. The lowest BCUT2D eigenvalue weighted by atomic mass is 10.0. The van der Waals surface area contributed by atoms with E-state index in [0.29, 0.717) is 6.42 Å². The van der Waals surface area contributed by atoms with Gasteiger partial charge in [0.2, 0.25) is 5.91 Å². The van der Waals surface area contributed by atoms with E-state index in [-0.39, 0.29) is 12.5 Å². The summed E-state index contributed by atoms with van der Waals surface area (Å²) in [6.45, 7) is 4.34. The third kappa shape index (κ3) is 44.0. The lowest BCUT2D eigenvalue weighted by Crippen LogP contribution is -2.45. The van der Waals surface area contributed by atoms with Crippen molar-refractivity contribution in [2.45, 2.75) is 296 Å². The maximum atomic E-state index is 12.4. The Morgan fingerprint density at radius 1 is 0.411 bits per heavy atom. The van der Waals surface area contributed by atoms with Crippen LogP contribution in [0, 0.1) is 0 Å². The van der Waals surface area contributed by atoms with E-state index in [9.17, 15) is 15.0 Å². The van der Waals surface area contributed by atoms with Crippen LogP contribution in [-0.2, 0) is 4.79 Å². The zero-order chi connectivity index (χ0) is 40.7. The van der Waals surface area contributed by atoms with Gasteiger partial charge >= 0.3 is 0 Å². The Labute approximate surface area is 351 Å². The monoisotopic (exact) mass is 788 g/mol. The molecule has 4 nitrogen and oxygen atoms in total. The maximum absolute atomic E-state index is 12.4. The average molecular weight is 788 g/mol. The smallest absolute Gasteiger partial charge is 0.220 e. The second-order valence-electron chi connectivity index (χ2n) is 17.6. The standard InChI is InChI=1S/C52H101NO3/c1-3-5-7-9-11-13-15-17-19-21-23-25-27-29-31-33-35-37-39-41-43-45-47-51(55)50(49-54)53-52(56)48-46-44-42-40-38-36-34-32-30-28-26-24-22-20-18-16-14-12-10-8-6-4-2/h28,30,45,47,50-51,54-55H,3-27,29,31-44,46,48-49H2,1-2H3,(H,53,56)/b30-28-,47-45+. The number of carbonyl (C=O) groups is 1. The summed E-state index contributed by atoms with van der Waals surface area (Å²) in [4.78, 5) is 12.4. The fourth-order valence-corrected chi connectivity index (χ4v) is 8.00. The Kier molecular flexibility index (Phi) is 47.3. The quantitative estimate of drug-likeness (QED) is 0.0425. The normalized spacial score (nSPS) is 13.0. The Bertz CT molecular complexity index is 810. The zero-order valence-electron chi connectivity index (χ0n) is 38.2. The summed E-state index contributed by atoms with van der Waals surface area (Å²) < 4.78 is 0. The van der Waals surface area contributed by atoms with E-state index < -0.39 is 12.1 Å². The van der Waals surface area contributed by atoms with Crippen molar-refractivity contribution in [1.82, 2.24) is 5.32 Å². The molecule has 0 aliphatic rings. The number of nitrogens with one attached hydrogen (secondary N) is 1. The number of allylic oxidation sites excluding steroid dienone is 3. The summed E-state index contributed by atoms with van der Waals surface area (Å²) in [6, 6.07) is -0.623. The second-order valence-corrected chi connectivity index (χ2v) is 17.6. The van der Waals surface area contributed by atoms with E-state index in [1.807, 2.05) is 6.08 Å². The second kappa shape index (κ2) is 48.2. The molecule has 0 aromatic carbocycles. The SMILES string of the molecule is CCCCCCCCCCCCC/C=C\CCCCCCCCCC(=O)NC(CO)C(O)/C=C/CCCCCCCCCCCCCCCCCCCCCC. The third-order valence-electron chi connectivity index (χ3n) is 11.9.